The van der Waals surface area contributed by atoms with E-state index >= 15 is 0 Å². The van der Waals surface area contributed by atoms with E-state index in [-0.39, 0.29) is 18.7 Å². The fourth-order valence-electron chi connectivity index (χ4n) is 2.24. The molecule has 0 unspecified atom stereocenters. The number of carbonyl (C=O) groups is 1. The molecule has 0 spiro atoms. The van der Waals surface area contributed by atoms with Crippen LogP contribution < -0.4 is 5.48 Å². The summed E-state index contributed by atoms with van der Waals surface area (Å²) in [4.78, 5) is 11.8. The Labute approximate surface area is 155 Å². The lowest BCUT2D eigenvalue weighted by Crippen LogP contribution is -2.41. The highest BCUT2D eigenvalue weighted by Crippen LogP contribution is 2.28. The first-order valence-electron chi connectivity index (χ1n) is 7.17. The van der Waals surface area contributed by atoms with Gasteiger partial charge in [-0.15, -0.1) is 5.10 Å². The van der Waals surface area contributed by atoms with Gasteiger partial charge in [0.25, 0.3) is 0 Å². The summed E-state index contributed by atoms with van der Waals surface area (Å²) in [6.07, 6.45) is 1.79. The number of rotatable bonds is 7. The molecule has 1 aromatic carbocycles. The Hall–Kier alpha value is -1.68. The molecule has 25 heavy (non-hydrogen) atoms. The van der Waals surface area contributed by atoms with Crippen molar-refractivity contribution in [2.45, 2.75) is 19.9 Å². The van der Waals surface area contributed by atoms with Crippen LogP contribution in [0.3, 0.4) is 0 Å². The first-order valence-corrected chi connectivity index (χ1v) is 9.29. The molecule has 0 saturated heterocycles. The summed E-state index contributed by atoms with van der Waals surface area (Å²) in [6.45, 7) is 1.70. The molecule has 0 aliphatic rings. The van der Waals surface area contributed by atoms with E-state index in [9.17, 15) is 13.2 Å². The van der Waals surface area contributed by atoms with Crippen molar-refractivity contribution >= 4 is 39.8 Å². The molecule has 0 fully saturated rings. The molecule has 2 rings (SSSR count). The minimum Gasteiger partial charge on any atom is -0.289 e. The molecule has 1 amide bonds. The third-order valence-corrected chi connectivity index (χ3v) is 5.47. The first-order chi connectivity index (χ1) is 11.7. The van der Waals surface area contributed by atoms with Crippen molar-refractivity contribution in [3.63, 3.8) is 0 Å². The second-order valence-electron chi connectivity index (χ2n) is 5.74. The summed E-state index contributed by atoms with van der Waals surface area (Å²) in [7, 11) is -2.79. The van der Waals surface area contributed by atoms with Gasteiger partial charge in [0.05, 0.1) is 27.4 Å². The maximum atomic E-state index is 11.8. The van der Waals surface area contributed by atoms with E-state index in [1.54, 1.807) is 24.4 Å². The third kappa shape index (κ3) is 4.91. The zero-order chi connectivity index (χ0) is 18.6. The number of nitrogens with zero attached hydrogens (tertiary/aromatic N) is 3. The van der Waals surface area contributed by atoms with Crippen LogP contribution in [0.25, 0.3) is 11.3 Å². The predicted octanol–water partition coefficient (Wildman–Crippen LogP) is 1.77. The zero-order valence-corrected chi connectivity index (χ0v) is 15.6. The molecule has 2 aromatic rings. The molecule has 0 radical (unpaired) electrons. The number of halogens is 2. The topological polar surface area (TPSA) is 114 Å². The Balaban J connectivity index is 2.14. The van der Waals surface area contributed by atoms with Gasteiger partial charge in [-0.1, -0.05) is 34.5 Å². The molecule has 0 aliphatic heterocycles. The van der Waals surface area contributed by atoms with Gasteiger partial charge in [-0.3, -0.25) is 14.7 Å². The predicted molar refractivity (Wildman–Crippen MR) is 93.3 cm³/mol. The molecule has 0 saturated carbocycles. The quantitative estimate of drug-likeness (QED) is 0.366. The number of benzene rings is 1. The molecule has 2 N–H and O–H groups in total. The van der Waals surface area contributed by atoms with Gasteiger partial charge in [-0.25, -0.2) is 13.9 Å². The Morgan fingerprint density at radius 2 is 2.08 bits per heavy atom. The van der Waals surface area contributed by atoms with Crippen LogP contribution in [-0.2, 0) is 22.0 Å². The van der Waals surface area contributed by atoms with Gasteiger partial charge in [-0.05, 0) is 25.5 Å². The van der Waals surface area contributed by atoms with E-state index in [0.717, 1.165) is 5.56 Å². The Morgan fingerprint density at radius 3 is 2.68 bits per heavy atom. The van der Waals surface area contributed by atoms with Crippen molar-refractivity contribution in [3.05, 3.63) is 34.4 Å². The van der Waals surface area contributed by atoms with Gasteiger partial charge >= 0.3 is 0 Å². The van der Waals surface area contributed by atoms with Crippen LogP contribution in [0.15, 0.2) is 24.4 Å². The lowest BCUT2D eigenvalue weighted by Gasteiger charge is -2.24. The van der Waals surface area contributed by atoms with Crippen LogP contribution in [0.1, 0.15) is 13.3 Å². The maximum absolute atomic E-state index is 11.8. The van der Waals surface area contributed by atoms with Crippen molar-refractivity contribution in [2.75, 3.05) is 5.75 Å². The van der Waals surface area contributed by atoms with Crippen LogP contribution in [0, 0.1) is 5.41 Å². The minimum atomic E-state index is -2.79. The van der Waals surface area contributed by atoms with E-state index < -0.39 is 22.0 Å². The number of carbonyl (C=O) groups excluding carboxylic acids is 1. The number of thiol groups is 1. The molecule has 1 atom stereocenters. The normalized spacial score (nSPS) is 13.6. The van der Waals surface area contributed by atoms with Crippen LogP contribution in [0.2, 0.25) is 10.0 Å². The Kier molecular flexibility index (Phi) is 6.39. The number of hydrogen-bond acceptors (Lipinski definition) is 6. The van der Waals surface area contributed by atoms with Crippen LogP contribution in [0.5, 0.6) is 0 Å². The Bertz CT molecular complexity index is 847. The van der Waals surface area contributed by atoms with Crippen molar-refractivity contribution < 1.29 is 18.4 Å². The lowest BCUT2D eigenvalue weighted by atomic mass is 9.88. The molecule has 1 aromatic heterocycles. The average Bonchev–Trinajstić information content (AvgIpc) is 3.03. The third-order valence-electron chi connectivity index (χ3n) is 3.77. The van der Waals surface area contributed by atoms with Crippen LogP contribution >= 0.6 is 23.2 Å². The molecule has 8 nitrogen and oxygen atoms in total. The van der Waals surface area contributed by atoms with E-state index in [2.05, 4.69) is 10.3 Å². The molecule has 136 valence electrons. The van der Waals surface area contributed by atoms with E-state index in [1.807, 2.05) is 0 Å². The molecule has 0 bridgehead atoms. The largest absolute Gasteiger partial charge is 0.289 e. The molecular formula is C14H16Cl2N4O4S. The smallest absolute Gasteiger partial charge is 0.250 e. The van der Waals surface area contributed by atoms with Gasteiger partial charge in [0, 0.05) is 12.1 Å². The zero-order valence-electron chi connectivity index (χ0n) is 13.1. The fourth-order valence-corrected chi connectivity index (χ4v) is 3.41. The highest BCUT2D eigenvalue weighted by molar-refractivity contribution is 7.72. The van der Waals surface area contributed by atoms with Gasteiger partial charge in [0.1, 0.15) is 16.4 Å². The monoisotopic (exact) mass is 406 g/mol. The average molecular weight is 407 g/mol. The first kappa shape index (κ1) is 19.6. The lowest BCUT2D eigenvalue weighted by molar-refractivity contribution is -0.138. The number of hydroxylamine groups is 1. The maximum Gasteiger partial charge on any atom is 0.250 e. The summed E-state index contributed by atoms with van der Waals surface area (Å²) in [5.74, 6) is -1.15. The van der Waals surface area contributed by atoms with Crippen molar-refractivity contribution in [3.8, 4) is 11.3 Å². The van der Waals surface area contributed by atoms with E-state index in [0.29, 0.717) is 15.7 Å². The number of amides is 1. The fraction of sp³-hybridized carbons (Fsp3) is 0.357. The second kappa shape index (κ2) is 8.13. The Morgan fingerprint density at radius 1 is 1.36 bits per heavy atom. The summed E-state index contributed by atoms with van der Waals surface area (Å²) < 4.78 is 23.5. The summed E-state index contributed by atoms with van der Waals surface area (Å²) in [5.41, 5.74) is 1.51. The summed E-state index contributed by atoms with van der Waals surface area (Å²) in [6, 6.07) is 5.04. The standard InChI is InChI=1S/C14H16Cl2N4O4S/c1-14(8-25(23)24,13(21)18-22)4-5-20-7-12(17-19-20)9-2-3-10(15)11(16)6-9/h2-3,6-7,22,25H,4-5,8H2,1H3,(H,18,21)/t14-/m0/s1. The number of aryl methyl sites for hydroxylation is 1. The SMILES string of the molecule is C[C@](CCn1cc(-c2ccc(Cl)c(Cl)c2)nn1)(C[SH](=O)=O)C(=O)NO. The van der Waals surface area contributed by atoms with Crippen LogP contribution in [-0.4, -0.2) is 40.3 Å². The number of nitrogens with one attached hydrogen (secondary N) is 1. The summed E-state index contributed by atoms with van der Waals surface area (Å²) in [5, 5.41) is 17.6. The van der Waals surface area contributed by atoms with Crippen molar-refractivity contribution in [1.82, 2.24) is 20.5 Å². The second-order valence-corrected chi connectivity index (χ2v) is 7.53. The van der Waals surface area contributed by atoms with Crippen molar-refractivity contribution in [1.29, 1.82) is 0 Å². The summed E-state index contributed by atoms with van der Waals surface area (Å²) >= 11 is 11.9. The van der Waals surface area contributed by atoms with E-state index in [1.165, 1.54) is 17.1 Å². The molecule has 0 aliphatic carbocycles. The minimum absolute atomic E-state index is 0.146. The number of aromatic nitrogens is 3. The van der Waals surface area contributed by atoms with Crippen LogP contribution in [0.4, 0.5) is 0 Å². The highest BCUT2D eigenvalue weighted by Gasteiger charge is 2.34. The van der Waals surface area contributed by atoms with E-state index in [4.69, 9.17) is 28.4 Å². The van der Waals surface area contributed by atoms with Crippen molar-refractivity contribution in [2.24, 2.45) is 5.41 Å². The molecular weight excluding hydrogens is 391 g/mol. The van der Waals surface area contributed by atoms with Gasteiger partial charge < -0.3 is 0 Å². The number of hydrogen-bond donors (Lipinski definition) is 3. The van der Waals surface area contributed by atoms with Gasteiger partial charge in [0.2, 0.25) is 5.91 Å². The van der Waals surface area contributed by atoms with Gasteiger partial charge in [0.15, 0.2) is 0 Å². The highest BCUT2D eigenvalue weighted by atomic mass is 35.5. The molecule has 1 heterocycles. The molecule has 11 heteroatoms. The van der Waals surface area contributed by atoms with Gasteiger partial charge in [-0.2, -0.15) is 0 Å².